The smallest absolute Gasteiger partial charge is 0.136 e. The fraction of sp³-hybridized carbons (Fsp3) is 0.909. The third kappa shape index (κ3) is 2.99. The minimum atomic E-state index is -0.184. The van der Waals surface area contributed by atoms with Crippen molar-refractivity contribution in [3.8, 4) is 0 Å². The molecule has 1 fully saturated rings. The Kier molecular flexibility index (Phi) is 4.02. The maximum atomic E-state index is 11.4. The highest BCUT2D eigenvalue weighted by Gasteiger charge is 2.29. The number of ketones is 1. The zero-order valence-electron chi connectivity index (χ0n) is 9.67. The topological polar surface area (TPSA) is 20.3 Å². The van der Waals surface area contributed by atoms with Gasteiger partial charge in [-0.2, -0.15) is 11.8 Å². The molecular weight excluding hydrogens is 194 g/mol. The van der Waals surface area contributed by atoms with Gasteiger partial charge in [0.1, 0.15) is 5.78 Å². The molecule has 1 aliphatic heterocycles. The third-order valence-electron chi connectivity index (χ3n) is 3.06. The predicted octanol–water partition coefficient (Wildman–Crippen LogP) is 2.04. The zero-order valence-corrected chi connectivity index (χ0v) is 10.5. The summed E-state index contributed by atoms with van der Waals surface area (Å²) < 4.78 is 0. The van der Waals surface area contributed by atoms with Crippen LogP contribution in [-0.4, -0.2) is 41.3 Å². The first-order valence-electron chi connectivity index (χ1n) is 5.26. The van der Waals surface area contributed by atoms with E-state index in [1.54, 1.807) is 6.92 Å². The number of hydrogen-bond donors (Lipinski definition) is 0. The molecule has 0 saturated carbocycles. The highest BCUT2D eigenvalue weighted by molar-refractivity contribution is 7.99. The Bertz CT molecular complexity index is 215. The molecule has 14 heavy (non-hydrogen) atoms. The summed E-state index contributed by atoms with van der Waals surface area (Å²) in [4.78, 5) is 13.9. The average Bonchev–Trinajstić information content (AvgIpc) is 2.08. The number of carbonyl (C=O) groups is 1. The summed E-state index contributed by atoms with van der Waals surface area (Å²) in [5.41, 5.74) is -0.184. The van der Waals surface area contributed by atoms with Crippen molar-refractivity contribution in [2.45, 2.75) is 33.7 Å². The number of Topliss-reactive ketones (excluding diaryl/α,β-unsaturated/α-hetero) is 1. The summed E-state index contributed by atoms with van der Waals surface area (Å²) >= 11 is 2.01. The van der Waals surface area contributed by atoms with Crippen LogP contribution >= 0.6 is 11.8 Å². The van der Waals surface area contributed by atoms with Gasteiger partial charge in [-0.15, -0.1) is 0 Å². The van der Waals surface area contributed by atoms with Crippen molar-refractivity contribution in [2.75, 3.05) is 24.6 Å². The minimum absolute atomic E-state index is 0.184. The van der Waals surface area contributed by atoms with E-state index in [9.17, 15) is 4.79 Å². The minimum Gasteiger partial charge on any atom is -0.299 e. The number of hydrogen-bond acceptors (Lipinski definition) is 3. The summed E-state index contributed by atoms with van der Waals surface area (Å²) in [5, 5.41) is 0. The Morgan fingerprint density at radius 1 is 1.57 bits per heavy atom. The molecule has 1 saturated heterocycles. The Morgan fingerprint density at radius 2 is 2.21 bits per heavy atom. The van der Waals surface area contributed by atoms with Gasteiger partial charge < -0.3 is 0 Å². The van der Waals surface area contributed by atoms with Gasteiger partial charge in [0.05, 0.1) is 0 Å². The van der Waals surface area contributed by atoms with Crippen molar-refractivity contribution >= 4 is 17.5 Å². The monoisotopic (exact) mass is 215 g/mol. The van der Waals surface area contributed by atoms with Gasteiger partial charge in [0.25, 0.3) is 0 Å². The predicted molar refractivity (Wildman–Crippen MR) is 62.8 cm³/mol. The summed E-state index contributed by atoms with van der Waals surface area (Å²) in [6, 6.07) is 0.618. The molecule has 0 aromatic carbocycles. The maximum Gasteiger partial charge on any atom is 0.136 e. The fourth-order valence-corrected chi connectivity index (χ4v) is 2.70. The highest BCUT2D eigenvalue weighted by Crippen LogP contribution is 2.23. The van der Waals surface area contributed by atoms with Crippen LogP contribution in [0.3, 0.4) is 0 Å². The van der Waals surface area contributed by atoms with Gasteiger partial charge in [-0.25, -0.2) is 0 Å². The van der Waals surface area contributed by atoms with E-state index in [0.29, 0.717) is 11.8 Å². The lowest BCUT2D eigenvalue weighted by Crippen LogP contribution is -2.47. The number of thioether (sulfide) groups is 1. The quantitative estimate of drug-likeness (QED) is 0.718. The molecular formula is C11H21NOS. The first kappa shape index (κ1) is 12.1. The lowest BCUT2D eigenvalue weighted by atomic mass is 9.88. The molecule has 0 spiro atoms. The van der Waals surface area contributed by atoms with Gasteiger partial charge in [0, 0.05) is 36.1 Å². The number of nitrogens with zero attached hydrogens (tertiary/aromatic N) is 1. The molecule has 1 aliphatic rings. The lowest BCUT2D eigenvalue weighted by Gasteiger charge is -2.37. The summed E-state index contributed by atoms with van der Waals surface area (Å²) in [6.45, 7) is 10.1. The summed E-state index contributed by atoms with van der Waals surface area (Å²) in [7, 11) is 0. The van der Waals surface area contributed by atoms with Crippen LogP contribution in [0.4, 0.5) is 0 Å². The second kappa shape index (κ2) is 4.67. The van der Waals surface area contributed by atoms with Crippen LogP contribution < -0.4 is 0 Å². The first-order chi connectivity index (χ1) is 6.43. The molecule has 1 rings (SSSR count). The molecule has 0 bridgehead atoms. The average molecular weight is 215 g/mol. The van der Waals surface area contributed by atoms with Gasteiger partial charge >= 0.3 is 0 Å². The van der Waals surface area contributed by atoms with Gasteiger partial charge in [0.15, 0.2) is 0 Å². The Hall–Kier alpha value is -0.0200. The molecule has 0 aromatic heterocycles. The highest BCUT2D eigenvalue weighted by atomic mass is 32.2. The van der Waals surface area contributed by atoms with Crippen molar-refractivity contribution in [3.05, 3.63) is 0 Å². The molecule has 0 aromatic rings. The summed E-state index contributed by atoms with van der Waals surface area (Å²) in [6.07, 6.45) is 0. The SMILES string of the molecule is CC(=O)C(C)(C)CN1CCSCC1C. The van der Waals surface area contributed by atoms with Gasteiger partial charge in [-0.3, -0.25) is 9.69 Å². The normalized spacial score (nSPS) is 25.0. The van der Waals surface area contributed by atoms with E-state index in [1.807, 2.05) is 25.6 Å². The van der Waals surface area contributed by atoms with E-state index in [1.165, 1.54) is 11.5 Å². The fourth-order valence-electron chi connectivity index (χ4n) is 1.62. The van der Waals surface area contributed by atoms with Crippen LogP contribution in [-0.2, 0) is 4.79 Å². The standard InChI is InChI=1S/C11H21NOS/c1-9-7-14-6-5-12(9)8-11(3,4)10(2)13/h9H,5-8H2,1-4H3. The molecule has 2 nitrogen and oxygen atoms in total. The van der Waals surface area contributed by atoms with Crippen molar-refractivity contribution in [3.63, 3.8) is 0 Å². The summed E-state index contributed by atoms with van der Waals surface area (Å²) in [5.74, 6) is 2.70. The van der Waals surface area contributed by atoms with E-state index in [-0.39, 0.29) is 5.41 Å². The number of rotatable bonds is 3. The maximum absolute atomic E-state index is 11.4. The zero-order chi connectivity index (χ0) is 10.8. The largest absolute Gasteiger partial charge is 0.299 e. The molecule has 0 N–H and O–H groups in total. The second-order valence-corrected chi connectivity index (χ2v) is 5.98. The molecule has 0 radical (unpaired) electrons. The lowest BCUT2D eigenvalue weighted by molar-refractivity contribution is -0.126. The van der Waals surface area contributed by atoms with Crippen molar-refractivity contribution in [2.24, 2.45) is 5.41 Å². The van der Waals surface area contributed by atoms with Crippen LogP contribution in [0, 0.1) is 5.41 Å². The molecule has 1 atom stereocenters. The van der Waals surface area contributed by atoms with Crippen LogP contribution in [0.2, 0.25) is 0 Å². The molecule has 0 aliphatic carbocycles. The molecule has 3 heteroatoms. The molecule has 82 valence electrons. The van der Waals surface area contributed by atoms with E-state index in [0.717, 1.165) is 13.1 Å². The number of carbonyl (C=O) groups excluding carboxylic acids is 1. The van der Waals surface area contributed by atoms with Crippen molar-refractivity contribution in [1.29, 1.82) is 0 Å². The molecule has 1 unspecified atom stereocenters. The van der Waals surface area contributed by atoms with Crippen LogP contribution in [0.5, 0.6) is 0 Å². The molecule has 1 heterocycles. The Balaban J connectivity index is 2.53. The second-order valence-electron chi connectivity index (χ2n) is 4.83. The van der Waals surface area contributed by atoms with E-state index >= 15 is 0 Å². The first-order valence-corrected chi connectivity index (χ1v) is 6.42. The van der Waals surface area contributed by atoms with Crippen LogP contribution in [0.25, 0.3) is 0 Å². The van der Waals surface area contributed by atoms with Gasteiger partial charge in [-0.05, 0) is 13.8 Å². The van der Waals surface area contributed by atoms with Crippen LogP contribution in [0.1, 0.15) is 27.7 Å². The Morgan fingerprint density at radius 3 is 2.71 bits per heavy atom. The third-order valence-corrected chi connectivity index (χ3v) is 4.25. The van der Waals surface area contributed by atoms with Crippen molar-refractivity contribution < 1.29 is 4.79 Å². The molecule has 0 amide bonds. The van der Waals surface area contributed by atoms with Gasteiger partial charge in [-0.1, -0.05) is 13.8 Å². The van der Waals surface area contributed by atoms with Crippen molar-refractivity contribution in [1.82, 2.24) is 4.90 Å². The van der Waals surface area contributed by atoms with Gasteiger partial charge in [0.2, 0.25) is 0 Å². The van der Waals surface area contributed by atoms with E-state index in [4.69, 9.17) is 0 Å². The van der Waals surface area contributed by atoms with Crippen LogP contribution in [0.15, 0.2) is 0 Å². The van der Waals surface area contributed by atoms with E-state index < -0.39 is 0 Å². The Labute approximate surface area is 91.4 Å². The van der Waals surface area contributed by atoms with E-state index in [2.05, 4.69) is 11.8 Å².